The van der Waals surface area contributed by atoms with E-state index in [1.165, 1.54) is 11.3 Å². The number of aryl methyl sites for hydroxylation is 1. The molecule has 0 saturated carbocycles. The van der Waals surface area contributed by atoms with E-state index in [9.17, 15) is 9.90 Å². The Morgan fingerprint density at radius 2 is 2.04 bits per heavy atom. The topological polar surface area (TPSA) is 142 Å². The molecule has 3 rings (SSSR count). The molecule has 1 aromatic carbocycles. The number of nitrogens with one attached hydrogen (secondary N) is 2. The highest BCUT2D eigenvalue weighted by atomic mass is 35.5. The van der Waals surface area contributed by atoms with Crippen molar-refractivity contribution in [3.63, 3.8) is 0 Å². The number of thiazole rings is 1. The number of hydrogen-bond donors (Lipinski definition) is 5. The number of aliphatic hydroxyl groups is 1. The first-order valence-electron chi connectivity index (χ1n) is 8.29. The number of amides is 1. The monoisotopic (exact) mass is 418 g/mol. The lowest BCUT2D eigenvalue weighted by atomic mass is 10.2. The number of nitrogens with zero attached hydrogens (tertiary/aromatic N) is 2. The standard InChI is InChI=1S/C18H19ClN6O2S/c1-9-14(8-26)28-17(22-9)15(25-18(20)21)24-16(27)13-7-6-12(23-13)10-2-4-11(19)5-3-10/h2-7,15,23,26H,8H2,1H3,(H,24,27)(H4,20,21,25). The molecular formula is C18H19ClN6O2S. The average Bonchev–Trinajstić information content (AvgIpc) is 3.28. The molecule has 8 nitrogen and oxygen atoms in total. The molecule has 0 aliphatic carbocycles. The van der Waals surface area contributed by atoms with Crippen LogP contribution in [0.3, 0.4) is 0 Å². The number of hydrogen-bond acceptors (Lipinski definition) is 5. The number of carbonyl (C=O) groups is 1. The second-order valence-electron chi connectivity index (χ2n) is 5.94. The zero-order valence-electron chi connectivity index (χ0n) is 14.9. The van der Waals surface area contributed by atoms with E-state index >= 15 is 0 Å². The van der Waals surface area contributed by atoms with Crippen LogP contribution in [0.2, 0.25) is 5.02 Å². The summed E-state index contributed by atoms with van der Waals surface area (Å²) in [6.45, 7) is 1.62. The number of aromatic nitrogens is 2. The van der Waals surface area contributed by atoms with Crippen molar-refractivity contribution in [2.45, 2.75) is 19.7 Å². The molecule has 2 aromatic heterocycles. The number of rotatable bonds is 6. The van der Waals surface area contributed by atoms with Gasteiger partial charge >= 0.3 is 0 Å². The van der Waals surface area contributed by atoms with Gasteiger partial charge in [-0.1, -0.05) is 23.7 Å². The molecule has 10 heteroatoms. The van der Waals surface area contributed by atoms with Crippen LogP contribution in [0.1, 0.15) is 32.2 Å². The smallest absolute Gasteiger partial charge is 0.269 e. The number of H-pyrrole nitrogens is 1. The van der Waals surface area contributed by atoms with Crippen molar-refractivity contribution < 1.29 is 9.90 Å². The first kappa shape index (κ1) is 19.9. The number of aromatic amines is 1. The van der Waals surface area contributed by atoms with Crippen LogP contribution in [0.25, 0.3) is 11.3 Å². The first-order valence-corrected chi connectivity index (χ1v) is 9.48. The molecule has 146 valence electrons. The van der Waals surface area contributed by atoms with E-state index in [1.54, 1.807) is 31.2 Å². The maximum absolute atomic E-state index is 12.7. The number of aliphatic imine (C=N–C) groups is 1. The van der Waals surface area contributed by atoms with E-state index in [2.05, 4.69) is 20.3 Å². The van der Waals surface area contributed by atoms with Gasteiger partial charge in [-0.25, -0.2) is 9.98 Å². The second kappa shape index (κ2) is 8.42. The number of benzene rings is 1. The Balaban J connectivity index is 1.82. The van der Waals surface area contributed by atoms with Crippen molar-refractivity contribution >= 4 is 34.8 Å². The van der Waals surface area contributed by atoms with Crippen LogP contribution in [0.4, 0.5) is 0 Å². The van der Waals surface area contributed by atoms with Crippen LogP contribution in [0.5, 0.6) is 0 Å². The van der Waals surface area contributed by atoms with Crippen molar-refractivity contribution in [2.75, 3.05) is 0 Å². The molecule has 0 spiro atoms. The Morgan fingerprint density at radius 1 is 1.32 bits per heavy atom. The van der Waals surface area contributed by atoms with Gasteiger partial charge < -0.3 is 26.9 Å². The van der Waals surface area contributed by atoms with E-state index in [4.69, 9.17) is 23.1 Å². The number of nitrogens with two attached hydrogens (primary N) is 2. The summed E-state index contributed by atoms with van der Waals surface area (Å²) < 4.78 is 0. The molecule has 7 N–H and O–H groups in total. The SMILES string of the molecule is Cc1nc(C(N=C(N)N)NC(=O)c2ccc(-c3ccc(Cl)cc3)[nH]2)sc1CO. The first-order chi connectivity index (χ1) is 13.4. The van der Waals surface area contributed by atoms with Gasteiger partial charge in [-0.3, -0.25) is 4.79 Å². The Morgan fingerprint density at radius 3 is 2.64 bits per heavy atom. The summed E-state index contributed by atoms with van der Waals surface area (Å²) in [6.07, 6.45) is -0.858. The third-order valence-electron chi connectivity index (χ3n) is 3.92. The second-order valence-corrected chi connectivity index (χ2v) is 7.49. The Labute approximate surface area is 170 Å². The minimum absolute atomic E-state index is 0.146. The molecule has 0 bridgehead atoms. The van der Waals surface area contributed by atoms with E-state index in [0.29, 0.717) is 26.3 Å². The Hall–Kier alpha value is -2.88. The predicted molar refractivity (Wildman–Crippen MR) is 110 cm³/mol. The molecule has 2 heterocycles. The molecule has 0 fully saturated rings. The summed E-state index contributed by atoms with van der Waals surface area (Å²) in [5.74, 6) is -0.578. The van der Waals surface area contributed by atoms with Gasteiger partial charge in [0.05, 0.1) is 17.2 Å². The summed E-state index contributed by atoms with van der Waals surface area (Å²) in [5, 5.41) is 13.2. The van der Waals surface area contributed by atoms with Gasteiger partial charge in [0, 0.05) is 10.7 Å². The number of halogens is 1. The van der Waals surface area contributed by atoms with Crippen LogP contribution < -0.4 is 16.8 Å². The quantitative estimate of drug-likeness (QED) is 0.308. The third-order valence-corrected chi connectivity index (χ3v) is 5.37. The van der Waals surface area contributed by atoms with Crippen LogP contribution in [0.15, 0.2) is 41.4 Å². The van der Waals surface area contributed by atoms with Crippen molar-refractivity contribution in [2.24, 2.45) is 16.5 Å². The van der Waals surface area contributed by atoms with Gasteiger partial charge in [-0.2, -0.15) is 0 Å². The maximum atomic E-state index is 12.7. The number of carbonyl (C=O) groups excluding carboxylic acids is 1. The van der Waals surface area contributed by atoms with Crippen LogP contribution >= 0.6 is 22.9 Å². The summed E-state index contributed by atoms with van der Waals surface area (Å²) in [6, 6.07) is 10.7. The van der Waals surface area contributed by atoms with E-state index in [-0.39, 0.29) is 12.6 Å². The van der Waals surface area contributed by atoms with Gasteiger partial charge in [0.2, 0.25) is 0 Å². The van der Waals surface area contributed by atoms with Gasteiger partial charge in [-0.05, 0) is 36.8 Å². The minimum Gasteiger partial charge on any atom is -0.391 e. The zero-order valence-corrected chi connectivity index (χ0v) is 16.5. The number of guanidine groups is 1. The zero-order chi connectivity index (χ0) is 20.3. The fourth-order valence-corrected chi connectivity index (χ4v) is 3.58. The lowest BCUT2D eigenvalue weighted by molar-refractivity contribution is 0.0933. The number of aliphatic hydroxyl groups excluding tert-OH is 1. The lowest BCUT2D eigenvalue weighted by Gasteiger charge is -2.12. The minimum atomic E-state index is -0.858. The molecule has 1 amide bonds. The summed E-state index contributed by atoms with van der Waals surface area (Å²) in [5.41, 5.74) is 13.7. The van der Waals surface area contributed by atoms with Crippen LogP contribution in [-0.4, -0.2) is 26.9 Å². The fraction of sp³-hybridized carbons (Fsp3) is 0.167. The normalized spacial score (nSPS) is 11.8. The maximum Gasteiger partial charge on any atom is 0.269 e. The molecule has 0 radical (unpaired) electrons. The summed E-state index contributed by atoms with van der Waals surface area (Å²) >= 11 is 7.14. The van der Waals surface area contributed by atoms with E-state index < -0.39 is 12.1 Å². The summed E-state index contributed by atoms with van der Waals surface area (Å²) in [4.78, 5) is 24.8. The van der Waals surface area contributed by atoms with Crippen molar-refractivity contribution in [3.8, 4) is 11.3 Å². The largest absolute Gasteiger partial charge is 0.391 e. The predicted octanol–water partition coefficient (Wildman–Crippen LogP) is 2.29. The van der Waals surface area contributed by atoms with Crippen molar-refractivity contribution in [3.05, 3.63) is 62.7 Å². The third kappa shape index (κ3) is 4.50. The van der Waals surface area contributed by atoms with E-state index in [0.717, 1.165) is 11.3 Å². The molecule has 0 aliphatic heterocycles. The molecular weight excluding hydrogens is 400 g/mol. The Kier molecular flexibility index (Phi) is 5.98. The van der Waals surface area contributed by atoms with Crippen molar-refractivity contribution in [1.82, 2.24) is 15.3 Å². The molecule has 0 aliphatic rings. The molecule has 3 aromatic rings. The fourth-order valence-electron chi connectivity index (χ4n) is 2.54. The highest BCUT2D eigenvalue weighted by Crippen LogP contribution is 2.25. The Bertz CT molecular complexity index is 1010. The molecule has 0 saturated heterocycles. The van der Waals surface area contributed by atoms with Crippen molar-refractivity contribution in [1.29, 1.82) is 0 Å². The molecule has 1 unspecified atom stereocenters. The van der Waals surface area contributed by atoms with Gasteiger partial charge in [0.15, 0.2) is 12.1 Å². The van der Waals surface area contributed by atoms with Crippen LogP contribution in [0, 0.1) is 6.92 Å². The molecule has 28 heavy (non-hydrogen) atoms. The van der Waals surface area contributed by atoms with Crippen LogP contribution in [-0.2, 0) is 6.61 Å². The summed E-state index contributed by atoms with van der Waals surface area (Å²) in [7, 11) is 0. The van der Waals surface area contributed by atoms with Gasteiger partial charge in [0.25, 0.3) is 5.91 Å². The van der Waals surface area contributed by atoms with Gasteiger partial charge in [-0.15, -0.1) is 11.3 Å². The highest BCUT2D eigenvalue weighted by Gasteiger charge is 2.21. The highest BCUT2D eigenvalue weighted by molar-refractivity contribution is 7.11. The molecule has 1 atom stereocenters. The lowest BCUT2D eigenvalue weighted by Crippen LogP contribution is -2.32. The van der Waals surface area contributed by atoms with Gasteiger partial charge in [0.1, 0.15) is 10.7 Å². The average molecular weight is 419 g/mol. The van der Waals surface area contributed by atoms with E-state index in [1.807, 2.05) is 12.1 Å².